The van der Waals surface area contributed by atoms with Crippen LogP contribution in [-0.2, 0) is 9.59 Å². The molecule has 0 atom stereocenters. The van der Waals surface area contributed by atoms with Crippen molar-refractivity contribution in [2.45, 2.75) is 13.8 Å². The number of terminal acetylenes is 1. The summed E-state index contributed by atoms with van der Waals surface area (Å²) in [7, 11) is 0. The van der Waals surface area contributed by atoms with Crippen LogP contribution in [0.5, 0.6) is 5.75 Å². The third kappa shape index (κ3) is 4.57. The van der Waals surface area contributed by atoms with Crippen LogP contribution in [0.3, 0.4) is 0 Å². The molecule has 0 saturated carbocycles. The number of hydrogen-bond acceptors (Lipinski definition) is 4. The standard InChI is InChI=1S/C22H16BrIN2O4/c1-4-5-30-19-17(23)10-14(11-18(19)24)9-16-20(27)25-22(29)26(21(16)28)15-7-12(2)6-13(3)8-15/h1,6-11H,5H2,2-3H3,(H,25,27,29)/b16-9+. The highest BCUT2D eigenvalue weighted by Gasteiger charge is 2.37. The normalized spacial score (nSPS) is 15.2. The predicted molar refractivity (Wildman–Crippen MR) is 126 cm³/mol. The van der Waals surface area contributed by atoms with Crippen molar-refractivity contribution >= 4 is 68.1 Å². The Balaban J connectivity index is 2.02. The van der Waals surface area contributed by atoms with Crippen molar-refractivity contribution in [3.63, 3.8) is 0 Å². The lowest BCUT2D eigenvalue weighted by molar-refractivity contribution is -0.122. The van der Waals surface area contributed by atoms with Crippen molar-refractivity contribution in [1.29, 1.82) is 0 Å². The number of halogens is 2. The summed E-state index contributed by atoms with van der Waals surface area (Å²) in [5.74, 6) is 1.54. The van der Waals surface area contributed by atoms with Crippen molar-refractivity contribution in [2.75, 3.05) is 11.5 Å². The van der Waals surface area contributed by atoms with Gasteiger partial charge in [-0.2, -0.15) is 0 Å². The van der Waals surface area contributed by atoms with Crippen molar-refractivity contribution < 1.29 is 19.1 Å². The number of hydrogen-bond donors (Lipinski definition) is 1. The van der Waals surface area contributed by atoms with Gasteiger partial charge in [0.15, 0.2) is 0 Å². The molecule has 1 aliphatic rings. The van der Waals surface area contributed by atoms with Gasteiger partial charge in [-0.25, -0.2) is 9.69 Å². The monoisotopic (exact) mass is 578 g/mol. The van der Waals surface area contributed by atoms with Gasteiger partial charge in [0, 0.05) is 0 Å². The topological polar surface area (TPSA) is 75.7 Å². The van der Waals surface area contributed by atoms with E-state index in [4.69, 9.17) is 11.2 Å². The Hall–Kier alpha value is -2.64. The lowest BCUT2D eigenvalue weighted by atomic mass is 10.1. The second-order valence-corrected chi connectivity index (χ2v) is 8.63. The summed E-state index contributed by atoms with van der Waals surface area (Å²) in [6.07, 6.45) is 6.68. The third-order valence-electron chi connectivity index (χ3n) is 4.20. The first-order chi connectivity index (χ1) is 14.2. The van der Waals surface area contributed by atoms with Gasteiger partial charge in [0.2, 0.25) is 0 Å². The molecule has 2 aromatic carbocycles. The molecule has 0 spiro atoms. The number of carbonyl (C=O) groups is 3. The fourth-order valence-electron chi connectivity index (χ4n) is 3.05. The van der Waals surface area contributed by atoms with Crippen LogP contribution < -0.4 is 15.0 Å². The van der Waals surface area contributed by atoms with Gasteiger partial charge in [-0.3, -0.25) is 14.9 Å². The maximum absolute atomic E-state index is 13.1. The highest BCUT2D eigenvalue weighted by atomic mass is 127. The molecule has 1 heterocycles. The Morgan fingerprint density at radius 3 is 2.43 bits per heavy atom. The smallest absolute Gasteiger partial charge is 0.335 e. The highest BCUT2D eigenvalue weighted by Crippen LogP contribution is 2.33. The minimum atomic E-state index is -0.777. The first-order valence-corrected chi connectivity index (χ1v) is 10.6. The fraction of sp³-hybridized carbons (Fsp3) is 0.136. The van der Waals surface area contributed by atoms with Gasteiger partial charge < -0.3 is 4.74 Å². The lowest BCUT2D eigenvalue weighted by Crippen LogP contribution is -2.54. The zero-order valence-electron chi connectivity index (χ0n) is 16.1. The number of amides is 4. The van der Waals surface area contributed by atoms with Crippen LogP contribution >= 0.6 is 38.5 Å². The molecule has 1 aliphatic heterocycles. The number of nitrogens with zero attached hydrogens (tertiary/aromatic N) is 1. The third-order valence-corrected chi connectivity index (χ3v) is 5.59. The SMILES string of the molecule is C#CCOc1c(Br)cc(/C=C2\C(=O)NC(=O)N(c3cc(C)cc(C)c3)C2=O)cc1I. The van der Waals surface area contributed by atoms with Gasteiger partial charge in [-0.05, 0) is 99.4 Å². The largest absolute Gasteiger partial charge is 0.479 e. The van der Waals surface area contributed by atoms with Crippen molar-refractivity contribution in [1.82, 2.24) is 5.32 Å². The summed E-state index contributed by atoms with van der Waals surface area (Å²) in [6.45, 7) is 3.85. The molecular formula is C22H16BrIN2O4. The van der Waals surface area contributed by atoms with E-state index in [1.165, 1.54) is 6.08 Å². The number of aryl methyl sites for hydroxylation is 2. The lowest BCUT2D eigenvalue weighted by Gasteiger charge is -2.27. The Morgan fingerprint density at radius 2 is 1.83 bits per heavy atom. The molecule has 6 nitrogen and oxygen atoms in total. The summed E-state index contributed by atoms with van der Waals surface area (Å²) in [5.41, 5.74) is 2.65. The molecule has 30 heavy (non-hydrogen) atoms. The molecule has 4 amide bonds. The van der Waals surface area contributed by atoms with Gasteiger partial charge in [0.1, 0.15) is 17.9 Å². The molecule has 152 valence electrons. The number of ether oxygens (including phenoxy) is 1. The van der Waals surface area contributed by atoms with Crippen LogP contribution in [0.2, 0.25) is 0 Å². The highest BCUT2D eigenvalue weighted by molar-refractivity contribution is 14.1. The molecule has 0 aliphatic carbocycles. The van der Waals surface area contributed by atoms with Crippen molar-refractivity contribution in [3.8, 4) is 18.1 Å². The van der Waals surface area contributed by atoms with Gasteiger partial charge in [-0.15, -0.1) is 6.42 Å². The van der Waals surface area contributed by atoms with E-state index in [9.17, 15) is 14.4 Å². The maximum atomic E-state index is 13.1. The average Bonchev–Trinajstić information content (AvgIpc) is 2.63. The van der Waals surface area contributed by atoms with E-state index >= 15 is 0 Å². The van der Waals surface area contributed by atoms with E-state index in [2.05, 4.69) is 49.8 Å². The Bertz CT molecular complexity index is 1110. The van der Waals surface area contributed by atoms with Crippen LogP contribution in [0.15, 0.2) is 40.4 Å². The minimum Gasteiger partial charge on any atom is -0.479 e. The molecule has 2 aromatic rings. The van der Waals surface area contributed by atoms with Crippen molar-refractivity contribution in [3.05, 3.63) is 60.6 Å². The minimum absolute atomic E-state index is 0.114. The van der Waals surface area contributed by atoms with E-state index in [1.807, 2.05) is 19.9 Å². The molecule has 1 N–H and O–H groups in total. The molecule has 8 heteroatoms. The molecular weight excluding hydrogens is 563 g/mol. The van der Waals surface area contributed by atoms with Crippen LogP contribution in [0, 0.1) is 29.8 Å². The number of barbiturate groups is 1. The Labute approximate surface area is 195 Å². The fourth-order valence-corrected chi connectivity index (χ4v) is 4.82. The van der Waals surface area contributed by atoms with Crippen LogP contribution in [0.25, 0.3) is 6.08 Å². The Morgan fingerprint density at radius 1 is 1.17 bits per heavy atom. The molecule has 3 rings (SSSR count). The van der Waals surface area contributed by atoms with E-state index in [0.29, 0.717) is 21.5 Å². The first-order valence-electron chi connectivity index (χ1n) is 8.76. The van der Waals surface area contributed by atoms with Gasteiger partial charge in [-0.1, -0.05) is 12.0 Å². The number of urea groups is 1. The second-order valence-electron chi connectivity index (χ2n) is 6.61. The quantitative estimate of drug-likeness (QED) is 0.253. The molecule has 0 radical (unpaired) electrons. The van der Waals surface area contributed by atoms with Crippen LogP contribution in [-0.4, -0.2) is 24.5 Å². The van der Waals surface area contributed by atoms with Crippen LogP contribution in [0.4, 0.5) is 10.5 Å². The summed E-state index contributed by atoms with van der Waals surface area (Å²) >= 11 is 5.50. The molecule has 1 saturated heterocycles. The second kappa shape index (κ2) is 9.02. The molecule has 0 bridgehead atoms. The Kier molecular flexibility index (Phi) is 6.63. The molecule has 0 aromatic heterocycles. The summed E-state index contributed by atoms with van der Waals surface area (Å²) in [4.78, 5) is 38.8. The van der Waals surface area contributed by atoms with Gasteiger partial charge >= 0.3 is 6.03 Å². The molecule has 1 fully saturated rings. The van der Waals surface area contributed by atoms with E-state index in [0.717, 1.165) is 19.6 Å². The summed E-state index contributed by atoms with van der Waals surface area (Å²) in [5, 5.41) is 2.23. The van der Waals surface area contributed by atoms with Crippen LogP contribution in [0.1, 0.15) is 16.7 Å². The van der Waals surface area contributed by atoms with E-state index < -0.39 is 17.8 Å². The average molecular weight is 579 g/mol. The zero-order chi connectivity index (χ0) is 22.0. The van der Waals surface area contributed by atoms with E-state index in [-0.39, 0.29) is 12.2 Å². The summed E-state index contributed by atoms with van der Waals surface area (Å²) in [6, 6.07) is 8.05. The molecule has 0 unspecified atom stereocenters. The number of imide groups is 2. The predicted octanol–water partition coefficient (Wildman–Crippen LogP) is 4.35. The first kappa shape index (κ1) is 22.1. The maximum Gasteiger partial charge on any atom is 0.335 e. The number of benzene rings is 2. The van der Waals surface area contributed by atoms with Gasteiger partial charge in [0.05, 0.1) is 13.7 Å². The number of nitrogens with one attached hydrogen (secondary N) is 1. The van der Waals surface area contributed by atoms with Crippen molar-refractivity contribution in [2.24, 2.45) is 0 Å². The van der Waals surface area contributed by atoms with Gasteiger partial charge in [0.25, 0.3) is 11.8 Å². The number of rotatable bonds is 4. The zero-order valence-corrected chi connectivity index (χ0v) is 19.8. The number of anilines is 1. The van der Waals surface area contributed by atoms with E-state index in [1.54, 1.807) is 24.3 Å². The summed E-state index contributed by atoms with van der Waals surface area (Å²) < 4.78 is 6.88. The number of carbonyl (C=O) groups excluding carboxylic acids is 3.